The van der Waals surface area contributed by atoms with Gasteiger partial charge in [0.05, 0.1) is 0 Å². The molecule has 2 aromatic rings. The number of nitrogens with zero attached hydrogens (tertiary/aromatic N) is 2. The van der Waals surface area contributed by atoms with Crippen LogP contribution in [0.4, 0.5) is 0 Å². The SMILES string of the molecule is Cc1ccc(C(=O)C(=O)N2CCN(C(=O)c3ccccc3)C[C@H]2C)cc1. The van der Waals surface area contributed by atoms with Crippen LogP contribution in [-0.2, 0) is 4.79 Å². The van der Waals surface area contributed by atoms with Gasteiger partial charge in [0.2, 0.25) is 5.78 Å². The lowest BCUT2D eigenvalue weighted by molar-refractivity contribution is -0.130. The van der Waals surface area contributed by atoms with E-state index in [0.717, 1.165) is 5.56 Å². The zero-order chi connectivity index (χ0) is 18.7. The smallest absolute Gasteiger partial charge is 0.295 e. The number of piperazine rings is 1. The number of benzene rings is 2. The summed E-state index contributed by atoms with van der Waals surface area (Å²) in [5.74, 6) is -1.05. The van der Waals surface area contributed by atoms with Crippen molar-refractivity contribution in [3.8, 4) is 0 Å². The van der Waals surface area contributed by atoms with Crippen molar-refractivity contribution in [2.45, 2.75) is 19.9 Å². The molecule has 5 nitrogen and oxygen atoms in total. The average Bonchev–Trinajstić information content (AvgIpc) is 2.67. The molecule has 134 valence electrons. The lowest BCUT2D eigenvalue weighted by Crippen LogP contribution is -2.56. The molecule has 2 aromatic carbocycles. The van der Waals surface area contributed by atoms with Gasteiger partial charge in [-0.15, -0.1) is 0 Å². The summed E-state index contributed by atoms with van der Waals surface area (Å²) in [7, 11) is 0. The Bertz CT molecular complexity index is 815. The minimum atomic E-state index is -0.506. The maximum atomic E-state index is 12.6. The standard InChI is InChI=1S/C21H22N2O3/c1-15-8-10-17(11-9-15)19(24)21(26)23-13-12-22(14-16(23)2)20(25)18-6-4-3-5-7-18/h3-11,16H,12-14H2,1-2H3/t16-/m1/s1. The molecule has 1 aliphatic heterocycles. The van der Waals surface area contributed by atoms with Gasteiger partial charge >= 0.3 is 0 Å². The van der Waals surface area contributed by atoms with Crippen molar-refractivity contribution >= 4 is 17.6 Å². The van der Waals surface area contributed by atoms with Crippen LogP contribution in [0.15, 0.2) is 54.6 Å². The molecule has 0 aliphatic carbocycles. The minimum Gasteiger partial charge on any atom is -0.335 e. The molecule has 1 fully saturated rings. The highest BCUT2D eigenvalue weighted by molar-refractivity contribution is 6.42. The Labute approximate surface area is 153 Å². The summed E-state index contributed by atoms with van der Waals surface area (Å²) in [6.45, 7) is 4.99. The van der Waals surface area contributed by atoms with E-state index >= 15 is 0 Å². The van der Waals surface area contributed by atoms with Crippen molar-refractivity contribution in [3.05, 3.63) is 71.3 Å². The van der Waals surface area contributed by atoms with Gasteiger partial charge in [0, 0.05) is 36.8 Å². The van der Waals surface area contributed by atoms with E-state index in [0.29, 0.717) is 30.8 Å². The lowest BCUT2D eigenvalue weighted by Gasteiger charge is -2.39. The van der Waals surface area contributed by atoms with Gasteiger partial charge in [-0.25, -0.2) is 0 Å². The van der Waals surface area contributed by atoms with E-state index < -0.39 is 11.7 Å². The number of Topliss-reactive ketones (excluding diaryl/α,β-unsaturated/α-hetero) is 1. The topological polar surface area (TPSA) is 57.7 Å². The zero-order valence-corrected chi connectivity index (χ0v) is 15.0. The molecular formula is C21H22N2O3. The second-order valence-electron chi connectivity index (χ2n) is 6.66. The molecule has 0 spiro atoms. The van der Waals surface area contributed by atoms with Crippen molar-refractivity contribution in [1.29, 1.82) is 0 Å². The number of rotatable bonds is 3. The third-order valence-corrected chi connectivity index (χ3v) is 4.70. The third kappa shape index (κ3) is 3.67. The molecule has 1 saturated heterocycles. The number of hydrogen-bond donors (Lipinski definition) is 0. The first kappa shape index (κ1) is 17.9. The number of ketones is 1. The van der Waals surface area contributed by atoms with Crippen molar-refractivity contribution in [2.75, 3.05) is 19.6 Å². The monoisotopic (exact) mass is 350 g/mol. The van der Waals surface area contributed by atoms with Crippen LogP contribution in [0.2, 0.25) is 0 Å². The number of carbonyl (C=O) groups is 3. The Morgan fingerprint density at radius 1 is 0.885 bits per heavy atom. The van der Waals surface area contributed by atoms with Crippen LogP contribution in [0.1, 0.15) is 33.2 Å². The number of aryl methyl sites for hydroxylation is 1. The lowest BCUT2D eigenvalue weighted by atomic mass is 10.1. The first-order valence-electron chi connectivity index (χ1n) is 8.73. The van der Waals surface area contributed by atoms with Crippen LogP contribution in [-0.4, -0.2) is 53.1 Å². The van der Waals surface area contributed by atoms with Gasteiger partial charge in [0.1, 0.15) is 0 Å². The van der Waals surface area contributed by atoms with E-state index in [9.17, 15) is 14.4 Å². The summed E-state index contributed by atoms with van der Waals surface area (Å²) in [5, 5.41) is 0. The van der Waals surface area contributed by atoms with Crippen LogP contribution >= 0.6 is 0 Å². The Kier molecular flexibility index (Phi) is 5.16. The highest BCUT2D eigenvalue weighted by Gasteiger charge is 2.33. The van der Waals surface area contributed by atoms with Crippen molar-refractivity contribution in [1.82, 2.24) is 9.80 Å². The zero-order valence-electron chi connectivity index (χ0n) is 15.0. The Hall–Kier alpha value is -2.95. The Balaban J connectivity index is 1.67. The molecule has 5 heteroatoms. The van der Waals surface area contributed by atoms with Crippen molar-refractivity contribution in [2.24, 2.45) is 0 Å². The highest BCUT2D eigenvalue weighted by Crippen LogP contribution is 2.15. The van der Waals surface area contributed by atoms with Crippen LogP contribution in [0.5, 0.6) is 0 Å². The number of hydrogen-bond acceptors (Lipinski definition) is 3. The number of amides is 2. The van der Waals surface area contributed by atoms with Crippen LogP contribution in [0.3, 0.4) is 0 Å². The summed E-state index contributed by atoms with van der Waals surface area (Å²) >= 11 is 0. The molecule has 1 heterocycles. The molecule has 0 radical (unpaired) electrons. The molecule has 1 atom stereocenters. The Morgan fingerprint density at radius 3 is 2.15 bits per heavy atom. The summed E-state index contributed by atoms with van der Waals surface area (Å²) in [6, 6.07) is 15.9. The fourth-order valence-corrected chi connectivity index (χ4v) is 3.17. The van der Waals surface area contributed by atoms with Crippen molar-refractivity contribution < 1.29 is 14.4 Å². The van der Waals surface area contributed by atoms with Gasteiger partial charge in [-0.05, 0) is 26.0 Å². The first-order valence-corrected chi connectivity index (χ1v) is 8.73. The van der Waals surface area contributed by atoms with Gasteiger partial charge in [-0.3, -0.25) is 14.4 Å². The molecule has 1 aliphatic rings. The van der Waals surface area contributed by atoms with Gasteiger partial charge in [-0.2, -0.15) is 0 Å². The second-order valence-corrected chi connectivity index (χ2v) is 6.66. The van der Waals surface area contributed by atoms with E-state index in [1.54, 1.807) is 34.1 Å². The third-order valence-electron chi connectivity index (χ3n) is 4.70. The summed E-state index contributed by atoms with van der Waals surface area (Å²) < 4.78 is 0. The van der Waals surface area contributed by atoms with Gasteiger partial charge in [-0.1, -0.05) is 48.0 Å². The molecule has 0 saturated carbocycles. The number of carbonyl (C=O) groups excluding carboxylic acids is 3. The molecule has 0 N–H and O–H groups in total. The molecule has 2 amide bonds. The largest absolute Gasteiger partial charge is 0.335 e. The summed E-state index contributed by atoms with van der Waals surface area (Å²) in [4.78, 5) is 40.9. The second kappa shape index (κ2) is 7.52. The molecule has 0 unspecified atom stereocenters. The summed E-state index contributed by atoms with van der Waals surface area (Å²) in [5.41, 5.74) is 2.07. The van der Waals surface area contributed by atoms with Crippen LogP contribution in [0, 0.1) is 6.92 Å². The van der Waals surface area contributed by atoms with E-state index in [1.807, 2.05) is 44.2 Å². The molecular weight excluding hydrogens is 328 g/mol. The minimum absolute atomic E-state index is 0.0468. The molecule has 0 aromatic heterocycles. The summed E-state index contributed by atoms with van der Waals surface area (Å²) in [6.07, 6.45) is 0. The van der Waals surface area contributed by atoms with E-state index in [1.165, 1.54) is 0 Å². The normalized spacial score (nSPS) is 17.1. The fraction of sp³-hybridized carbons (Fsp3) is 0.286. The first-order chi connectivity index (χ1) is 12.5. The molecule has 26 heavy (non-hydrogen) atoms. The molecule has 3 rings (SSSR count). The Morgan fingerprint density at radius 2 is 1.54 bits per heavy atom. The fourth-order valence-electron chi connectivity index (χ4n) is 3.17. The van der Waals surface area contributed by atoms with Crippen LogP contribution < -0.4 is 0 Å². The quantitative estimate of drug-likeness (QED) is 0.631. The van der Waals surface area contributed by atoms with Gasteiger partial charge in [0.15, 0.2) is 0 Å². The van der Waals surface area contributed by atoms with E-state index in [-0.39, 0.29) is 11.9 Å². The van der Waals surface area contributed by atoms with Crippen molar-refractivity contribution in [3.63, 3.8) is 0 Å². The molecule has 0 bridgehead atoms. The van der Waals surface area contributed by atoms with Gasteiger partial charge in [0.25, 0.3) is 11.8 Å². The van der Waals surface area contributed by atoms with E-state index in [4.69, 9.17) is 0 Å². The average molecular weight is 350 g/mol. The maximum Gasteiger partial charge on any atom is 0.295 e. The predicted molar refractivity (Wildman–Crippen MR) is 99.0 cm³/mol. The highest BCUT2D eigenvalue weighted by atomic mass is 16.2. The van der Waals surface area contributed by atoms with E-state index in [2.05, 4.69) is 0 Å². The van der Waals surface area contributed by atoms with Gasteiger partial charge < -0.3 is 9.80 Å². The predicted octanol–water partition coefficient (Wildman–Crippen LogP) is 2.55. The maximum absolute atomic E-state index is 12.6. The van der Waals surface area contributed by atoms with Crippen LogP contribution in [0.25, 0.3) is 0 Å².